The molecule has 3 aromatic rings. The van der Waals surface area contributed by atoms with E-state index in [1.54, 1.807) is 16.8 Å². The first kappa shape index (κ1) is 12.1. The van der Waals surface area contributed by atoms with Gasteiger partial charge in [-0.25, -0.2) is 0 Å². The molecule has 0 aliphatic heterocycles. The highest BCUT2D eigenvalue weighted by molar-refractivity contribution is 6.31. The normalized spacial score (nSPS) is 11.0. The smallest absolute Gasteiger partial charge is 0.274 e. The van der Waals surface area contributed by atoms with Gasteiger partial charge in [0.1, 0.15) is 0 Å². The highest BCUT2D eigenvalue weighted by atomic mass is 35.5. The van der Waals surface area contributed by atoms with Crippen molar-refractivity contribution in [1.82, 2.24) is 9.78 Å². The molecule has 3 nitrogen and oxygen atoms in total. The molecule has 0 unspecified atom stereocenters. The van der Waals surface area contributed by atoms with E-state index in [4.69, 9.17) is 11.6 Å². The number of fused-ring (bicyclic) bond motifs is 1. The van der Waals surface area contributed by atoms with Gasteiger partial charge in [-0.3, -0.25) is 14.6 Å². The lowest BCUT2D eigenvalue weighted by molar-refractivity contribution is 0.603. The Labute approximate surface area is 115 Å². The number of benzene rings is 2. The molecule has 0 saturated heterocycles. The minimum absolute atomic E-state index is 0.0200. The number of aryl methyl sites for hydroxylation is 2. The van der Waals surface area contributed by atoms with Gasteiger partial charge >= 0.3 is 0 Å². The SMILES string of the molecule is O=c1c2cc(Cl)ccc2[nH]n1CCc1ccccc1. The first-order valence-corrected chi connectivity index (χ1v) is 6.54. The first-order valence-electron chi connectivity index (χ1n) is 6.16. The number of rotatable bonds is 3. The Balaban J connectivity index is 1.89. The third-order valence-corrected chi connectivity index (χ3v) is 3.41. The Kier molecular flexibility index (Phi) is 3.13. The van der Waals surface area contributed by atoms with E-state index in [2.05, 4.69) is 17.2 Å². The van der Waals surface area contributed by atoms with Gasteiger partial charge in [0.2, 0.25) is 0 Å². The molecule has 0 saturated carbocycles. The fraction of sp³-hybridized carbons (Fsp3) is 0.133. The lowest BCUT2D eigenvalue weighted by atomic mass is 10.1. The summed E-state index contributed by atoms with van der Waals surface area (Å²) in [4.78, 5) is 12.2. The molecule has 0 aliphatic carbocycles. The quantitative estimate of drug-likeness (QED) is 0.781. The average Bonchev–Trinajstić information content (AvgIpc) is 2.74. The molecule has 0 bridgehead atoms. The van der Waals surface area contributed by atoms with Crippen molar-refractivity contribution >= 4 is 22.5 Å². The van der Waals surface area contributed by atoms with Crippen LogP contribution in [0.15, 0.2) is 53.3 Å². The number of halogens is 1. The summed E-state index contributed by atoms with van der Waals surface area (Å²) in [7, 11) is 0. The van der Waals surface area contributed by atoms with E-state index in [9.17, 15) is 4.79 Å². The van der Waals surface area contributed by atoms with E-state index < -0.39 is 0 Å². The van der Waals surface area contributed by atoms with E-state index in [-0.39, 0.29) is 5.56 Å². The maximum Gasteiger partial charge on any atom is 0.274 e. The van der Waals surface area contributed by atoms with Crippen LogP contribution in [-0.4, -0.2) is 9.78 Å². The Morgan fingerprint density at radius 1 is 1.11 bits per heavy atom. The molecular formula is C15H13ClN2O. The van der Waals surface area contributed by atoms with Crippen LogP contribution in [-0.2, 0) is 13.0 Å². The second-order valence-electron chi connectivity index (χ2n) is 4.49. The minimum atomic E-state index is -0.0200. The van der Waals surface area contributed by atoms with Crippen molar-refractivity contribution in [1.29, 1.82) is 0 Å². The fourth-order valence-corrected chi connectivity index (χ4v) is 2.35. The largest absolute Gasteiger partial charge is 0.295 e. The lowest BCUT2D eigenvalue weighted by Crippen LogP contribution is -2.17. The monoisotopic (exact) mass is 272 g/mol. The van der Waals surface area contributed by atoms with Gasteiger partial charge in [0.05, 0.1) is 10.9 Å². The van der Waals surface area contributed by atoms with Crippen LogP contribution in [0.3, 0.4) is 0 Å². The molecule has 1 N–H and O–H groups in total. The number of aromatic amines is 1. The second kappa shape index (κ2) is 4.94. The van der Waals surface area contributed by atoms with Crippen molar-refractivity contribution in [2.24, 2.45) is 0 Å². The van der Waals surface area contributed by atoms with Crippen LogP contribution in [0.5, 0.6) is 0 Å². The van der Waals surface area contributed by atoms with E-state index in [0.29, 0.717) is 17.0 Å². The third kappa shape index (κ3) is 2.42. The Hall–Kier alpha value is -2.00. The minimum Gasteiger partial charge on any atom is -0.295 e. The van der Waals surface area contributed by atoms with Crippen LogP contribution < -0.4 is 5.56 Å². The summed E-state index contributed by atoms with van der Waals surface area (Å²) in [5, 5.41) is 4.33. The number of hydrogen-bond acceptors (Lipinski definition) is 1. The topological polar surface area (TPSA) is 37.8 Å². The molecule has 0 atom stereocenters. The summed E-state index contributed by atoms with van der Waals surface area (Å²) in [6.07, 6.45) is 0.821. The molecule has 0 aliphatic rings. The molecule has 0 spiro atoms. The van der Waals surface area contributed by atoms with Crippen LogP contribution in [0, 0.1) is 0 Å². The molecule has 96 valence electrons. The van der Waals surface area contributed by atoms with Gasteiger partial charge in [0.25, 0.3) is 5.56 Å². The van der Waals surface area contributed by atoms with Crippen LogP contribution in [0.2, 0.25) is 5.02 Å². The zero-order chi connectivity index (χ0) is 13.2. The van der Waals surface area contributed by atoms with Gasteiger partial charge in [-0.2, -0.15) is 0 Å². The van der Waals surface area contributed by atoms with Crippen molar-refractivity contribution in [3.05, 3.63) is 69.5 Å². The van der Waals surface area contributed by atoms with E-state index in [1.807, 2.05) is 24.3 Å². The van der Waals surface area contributed by atoms with Gasteiger partial charge in [0, 0.05) is 11.6 Å². The lowest BCUT2D eigenvalue weighted by Gasteiger charge is -2.01. The molecule has 19 heavy (non-hydrogen) atoms. The number of aromatic nitrogens is 2. The zero-order valence-electron chi connectivity index (χ0n) is 10.3. The van der Waals surface area contributed by atoms with E-state index >= 15 is 0 Å². The fourth-order valence-electron chi connectivity index (χ4n) is 2.18. The Morgan fingerprint density at radius 3 is 2.68 bits per heavy atom. The predicted octanol–water partition coefficient (Wildman–Crippen LogP) is 3.23. The molecule has 1 aromatic heterocycles. The molecule has 0 amide bonds. The van der Waals surface area contributed by atoms with E-state index in [1.165, 1.54) is 5.56 Å². The van der Waals surface area contributed by atoms with Gasteiger partial charge < -0.3 is 0 Å². The van der Waals surface area contributed by atoms with Crippen LogP contribution in [0.4, 0.5) is 0 Å². The van der Waals surface area contributed by atoms with Gasteiger partial charge in [-0.05, 0) is 30.2 Å². The maximum atomic E-state index is 12.2. The summed E-state index contributed by atoms with van der Waals surface area (Å²) in [5.74, 6) is 0. The van der Waals surface area contributed by atoms with Gasteiger partial charge in [-0.15, -0.1) is 0 Å². The standard InChI is InChI=1S/C15H13ClN2O/c16-12-6-7-14-13(10-12)15(19)18(17-14)9-8-11-4-2-1-3-5-11/h1-7,10,17H,8-9H2. The number of nitrogens with zero attached hydrogens (tertiary/aromatic N) is 1. The molecule has 0 fully saturated rings. The van der Waals surface area contributed by atoms with Crippen molar-refractivity contribution < 1.29 is 0 Å². The van der Waals surface area contributed by atoms with Crippen molar-refractivity contribution in [2.45, 2.75) is 13.0 Å². The third-order valence-electron chi connectivity index (χ3n) is 3.18. The number of nitrogens with one attached hydrogen (secondary N) is 1. The molecule has 2 aromatic carbocycles. The van der Waals surface area contributed by atoms with Crippen LogP contribution in [0.1, 0.15) is 5.56 Å². The predicted molar refractivity (Wildman–Crippen MR) is 77.7 cm³/mol. The zero-order valence-corrected chi connectivity index (χ0v) is 11.0. The molecule has 4 heteroatoms. The Bertz CT molecular complexity index is 759. The van der Waals surface area contributed by atoms with E-state index in [0.717, 1.165) is 11.9 Å². The second-order valence-corrected chi connectivity index (χ2v) is 4.93. The Morgan fingerprint density at radius 2 is 1.89 bits per heavy atom. The molecule has 1 heterocycles. The van der Waals surface area contributed by atoms with Gasteiger partial charge in [-0.1, -0.05) is 41.9 Å². The van der Waals surface area contributed by atoms with Crippen LogP contribution in [0.25, 0.3) is 10.9 Å². The van der Waals surface area contributed by atoms with Gasteiger partial charge in [0.15, 0.2) is 0 Å². The van der Waals surface area contributed by atoms with Crippen LogP contribution >= 0.6 is 11.6 Å². The van der Waals surface area contributed by atoms with Crippen molar-refractivity contribution in [3.63, 3.8) is 0 Å². The highest BCUT2D eigenvalue weighted by Crippen LogP contribution is 2.14. The molecule has 3 rings (SSSR count). The highest BCUT2D eigenvalue weighted by Gasteiger charge is 2.06. The summed E-state index contributed by atoms with van der Waals surface area (Å²) in [6.45, 7) is 0.634. The number of H-pyrrole nitrogens is 1. The van der Waals surface area contributed by atoms with Crippen molar-refractivity contribution in [3.8, 4) is 0 Å². The molecular weight excluding hydrogens is 260 g/mol. The maximum absolute atomic E-state index is 12.2. The number of hydrogen-bond donors (Lipinski definition) is 1. The summed E-state index contributed by atoms with van der Waals surface area (Å²) in [6, 6.07) is 15.4. The first-order chi connectivity index (χ1) is 9.24. The summed E-state index contributed by atoms with van der Waals surface area (Å²) < 4.78 is 1.63. The summed E-state index contributed by atoms with van der Waals surface area (Å²) in [5.41, 5.74) is 2.02. The van der Waals surface area contributed by atoms with Crippen molar-refractivity contribution in [2.75, 3.05) is 0 Å². The summed E-state index contributed by atoms with van der Waals surface area (Å²) >= 11 is 5.91. The average molecular weight is 273 g/mol. The molecule has 0 radical (unpaired) electrons.